The highest BCUT2D eigenvalue weighted by Crippen LogP contribution is 2.16. The zero-order valence-corrected chi connectivity index (χ0v) is 12.0. The number of imidazole rings is 1. The van der Waals surface area contributed by atoms with Crippen LogP contribution in [0.3, 0.4) is 0 Å². The van der Waals surface area contributed by atoms with Crippen molar-refractivity contribution in [2.75, 3.05) is 13.1 Å². The summed E-state index contributed by atoms with van der Waals surface area (Å²) in [7, 11) is 0. The molecule has 1 unspecified atom stereocenters. The topological polar surface area (TPSA) is 78.3 Å². The predicted octanol–water partition coefficient (Wildman–Crippen LogP) is 1.51. The van der Waals surface area contributed by atoms with Crippen LogP contribution in [0, 0.1) is 0 Å². The van der Waals surface area contributed by atoms with E-state index in [1.54, 1.807) is 10.6 Å². The Bertz CT molecular complexity index is 725. The average molecular weight is 289 g/mol. The highest BCUT2D eigenvalue weighted by molar-refractivity contribution is 5.92. The first-order chi connectivity index (χ1) is 10.1. The van der Waals surface area contributed by atoms with Gasteiger partial charge in [0.1, 0.15) is 0 Å². The predicted molar refractivity (Wildman–Crippen MR) is 79.8 cm³/mol. The summed E-state index contributed by atoms with van der Waals surface area (Å²) in [5.41, 5.74) is 1.34. The van der Waals surface area contributed by atoms with Gasteiger partial charge in [0.25, 0.3) is 0 Å². The number of aromatic carboxylic acids is 1. The Morgan fingerprint density at radius 3 is 2.76 bits per heavy atom. The van der Waals surface area contributed by atoms with E-state index in [0.29, 0.717) is 18.1 Å². The molecule has 1 aliphatic rings. The molecule has 0 spiro atoms. The minimum atomic E-state index is -0.990. The standard InChI is InChI=1S/C15H19N3O3/c1-10(17-6-2-3-7-17)9-18-13-5-4-11(14(19)20)8-12(13)16-15(18)21/h4-5,8,10H,2-3,6-7,9H2,1H3,(H,16,21)(H,19,20). The van der Waals surface area contributed by atoms with Gasteiger partial charge in [-0.05, 0) is 51.1 Å². The number of H-pyrrole nitrogens is 1. The monoisotopic (exact) mass is 289 g/mol. The molecule has 0 amide bonds. The van der Waals surface area contributed by atoms with Crippen LogP contribution in [-0.4, -0.2) is 44.7 Å². The SMILES string of the molecule is CC(Cn1c(=O)[nH]c2cc(C(=O)O)ccc21)N1CCCC1. The number of nitrogens with one attached hydrogen (secondary N) is 1. The van der Waals surface area contributed by atoms with Crippen molar-refractivity contribution in [1.82, 2.24) is 14.5 Å². The number of hydrogen-bond acceptors (Lipinski definition) is 3. The van der Waals surface area contributed by atoms with Crippen molar-refractivity contribution < 1.29 is 9.90 Å². The molecule has 2 N–H and O–H groups in total. The maximum absolute atomic E-state index is 12.1. The zero-order valence-electron chi connectivity index (χ0n) is 12.0. The van der Waals surface area contributed by atoms with E-state index in [9.17, 15) is 9.59 Å². The molecule has 1 atom stereocenters. The Morgan fingerprint density at radius 2 is 2.10 bits per heavy atom. The summed E-state index contributed by atoms with van der Waals surface area (Å²) in [6, 6.07) is 5.04. The second-order valence-corrected chi connectivity index (χ2v) is 5.67. The Balaban J connectivity index is 1.93. The lowest BCUT2D eigenvalue weighted by molar-refractivity contribution is 0.0697. The second-order valence-electron chi connectivity index (χ2n) is 5.67. The van der Waals surface area contributed by atoms with Crippen molar-refractivity contribution in [1.29, 1.82) is 0 Å². The number of carboxylic acids is 1. The fraction of sp³-hybridized carbons (Fsp3) is 0.467. The normalized spacial score (nSPS) is 17.4. The minimum Gasteiger partial charge on any atom is -0.478 e. The van der Waals surface area contributed by atoms with E-state index >= 15 is 0 Å². The van der Waals surface area contributed by atoms with Crippen LogP contribution < -0.4 is 5.69 Å². The number of nitrogens with zero attached hydrogens (tertiary/aromatic N) is 2. The molecular formula is C15H19N3O3. The summed E-state index contributed by atoms with van der Waals surface area (Å²) >= 11 is 0. The van der Waals surface area contributed by atoms with Crippen LogP contribution >= 0.6 is 0 Å². The molecule has 1 aromatic carbocycles. The van der Waals surface area contributed by atoms with Crippen molar-refractivity contribution in [3.05, 3.63) is 34.2 Å². The highest BCUT2D eigenvalue weighted by Gasteiger charge is 2.20. The first-order valence-electron chi connectivity index (χ1n) is 7.26. The number of rotatable bonds is 4. The number of aromatic nitrogens is 2. The maximum atomic E-state index is 12.1. The third kappa shape index (κ3) is 2.58. The van der Waals surface area contributed by atoms with E-state index in [0.717, 1.165) is 18.6 Å². The van der Waals surface area contributed by atoms with Crippen molar-refractivity contribution in [2.24, 2.45) is 0 Å². The van der Waals surface area contributed by atoms with Gasteiger partial charge in [0, 0.05) is 12.6 Å². The second kappa shape index (κ2) is 5.37. The minimum absolute atomic E-state index is 0.182. The van der Waals surface area contributed by atoms with Gasteiger partial charge in [-0.2, -0.15) is 0 Å². The van der Waals surface area contributed by atoms with E-state index < -0.39 is 5.97 Å². The fourth-order valence-electron chi connectivity index (χ4n) is 3.04. The summed E-state index contributed by atoms with van der Waals surface area (Å²) in [4.78, 5) is 28.2. The fourth-order valence-corrected chi connectivity index (χ4v) is 3.04. The van der Waals surface area contributed by atoms with Gasteiger partial charge in [-0.15, -0.1) is 0 Å². The Hall–Kier alpha value is -2.08. The van der Waals surface area contributed by atoms with Crippen molar-refractivity contribution >= 4 is 17.0 Å². The molecule has 6 nitrogen and oxygen atoms in total. The molecular weight excluding hydrogens is 270 g/mol. The van der Waals surface area contributed by atoms with Crippen molar-refractivity contribution in [3.63, 3.8) is 0 Å². The summed E-state index contributed by atoms with van der Waals surface area (Å²) < 4.78 is 1.70. The smallest absolute Gasteiger partial charge is 0.335 e. The van der Waals surface area contributed by atoms with Crippen molar-refractivity contribution in [2.45, 2.75) is 32.4 Å². The first-order valence-corrected chi connectivity index (χ1v) is 7.26. The molecule has 0 saturated carbocycles. The number of aromatic amines is 1. The van der Waals surface area contributed by atoms with Crippen LogP contribution in [0.15, 0.2) is 23.0 Å². The Labute approximate surface area is 122 Å². The first kappa shape index (κ1) is 13.9. The van der Waals surface area contributed by atoms with E-state index in [1.165, 1.54) is 25.0 Å². The third-order valence-corrected chi connectivity index (χ3v) is 4.23. The van der Waals surface area contributed by atoms with Gasteiger partial charge < -0.3 is 10.1 Å². The number of benzene rings is 1. The summed E-state index contributed by atoms with van der Waals surface area (Å²) in [6.07, 6.45) is 2.43. The van der Waals surface area contributed by atoms with Gasteiger partial charge in [-0.25, -0.2) is 9.59 Å². The van der Waals surface area contributed by atoms with E-state index in [2.05, 4.69) is 16.8 Å². The molecule has 1 saturated heterocycles. The van der Waals surface area contributed by atoms with Gasteiger partial charge in [-0.1, -0.05) is 0 Å². The van der Waals surface area contributed by atoms with Gasteiger partial charge >= 0.3 is 11.7 Å². The van der Waals surface area contributed by atoms with E-state index in [-0.39, 0.29) is 11.3 Å². The lowest BCUT2D eigenvalue weighted by Gasteiger charge is -2.23. The average Bonchev–Trinajstić information content (AvgIpc) is 3.07. The van der Waals surface area contributed by atoms with Gasteiger partial charge in [-0.3, -0.25) is 9.47 Å². The number of likely N-dealkylation sites (tertiary alicyclic amines) is 1. The largest absolute Gasteiger partial charge is 0.478 e. The summed E-state index contributed by atoms with van der Waals surface area (Å²) in [5, 5.41) is 9.00. The molecule has 1 aliphatic heterocycles. The number of carbonyl (C=O) groups is 1. The Kier molecular flexibility index (Phi) is 3.55. The molecule has 2 heterocycles. The number of hydrogen-bond donors (Lipinski definition) is 2. The third-order valence-electron chi connectivity index (χ3n) is 4.23. The van der Waals surface area contributed by atoms with Crippen LogP contribution in [0.25, 0.3) is 11.0 Å². The maximum Gasteiger partial charge on any atom is 0.335 e. The molecule has 0 aliphatic carbocycles. The van der Waals surface area contributed by atoms with Crippen LogP contribution in [0.2, 0.25) is 0 Å². The van der Waals surface area contributed by atoms with Crippen molar-refractivity contribution in [3.8, 4) is 0 Å². The molecule has 1 aromatic heterocycles. The van der Waals surface area contributed by atoms with Crippen LogP contribution in [0.4, 0.5) is 0 Å². The van der Waals surface area contributed by atoms with Crippen LogP contribution in [0.1, 0.15) is 30.1 Å². The molecule has 6 heteroatoms. The summed E-state index contributed by atoms with van der Waals surface area (Å²) in [5.74, 6) is -0.990. The summed E-state index contributed by atoms with van der Waals surface area (Å²) in [6.45, 7) is 4.91. The van der Waals surface area contributed by atoms with Gasteiger partial charge in [0.05, 0.1) is 16.6 Å². The number of carboxylic acid groups (broad SMARTS) is 1. The molecule has 112 valence electrons. The molecule has 2 aromatic rings. The lowest BCUT2D eigenvalue weighted by atomic mass is 10.2. The van der Waals surface area contributed by atoms with E-state index in [1.807, 2.05) is 0 Å². The molecule has 1 fully saturated rings. The highest BCUT2D eigenvalue weighted by atomic mass is 16.4. The Morgan fingerprint density at radius 1 is 1.38 bits per heavy atom. The quantitative estimate of drug-likeness (QED) is 0.894. The van der Waals surface area contributed by atoms with E-state index in [4.69, 9.17) is 5.11 Å². The van der Waals surface area contributed by atoms with Gasteiger partial charge in [0.2, 0.25) is 0 Å². The molecule has 0 bridgehead atoms. The van der Waals surface area contributed by atoms with Gasteiger partial charge in [0.15, 0.2) is 0 Å². The zero-order chi connectivity index (χ0) is 15.0. The number of fused-ring (bicyclic) bond motifs is 1. The lowest BCUT2D eigenvalue weighted by Crippen LogP contribution is -2.36. The van der Waals surface area contributed by atoms with Crippen LogP contribution in [-0.2, 0) is 6.54 Å². The molecule has 3 rings (SSSR count). The molecule has 21 heavy (non-hydrogen) atoms. The molecule has 0 radical (unpaired) electrons. The van der Waals surface area contributed by atoms with Crippen LogP contribution in [0.5, 0.6) is 0 Å².